The van der Waals surface area contributed by atoms with Crippen LogP contribution in [0.2, 0.25) is 0 Å². The van der Waals surface area contributed by atoms with Crippen molar-refractivity contribution >= 4 is 17.2 Å². The summed E-state index contributed by atoms with van der Waals surface area (Å²) < 4.78 is 4.96. The minimum atomic E-state index is -0.390. The van der Waals surface area contributed by atoms with E-state index in [9.17, 15) is 4.79 Å². The molecule has 90 valence electrons. The Labute approximate surface area is 101 Å². The average Bonchev–Trinajstić information content (AvgIpc) is 2.78. The van der Waals surface area contributed by atoms with E-state index in [1.54, 1.807) is 18.3 Å². The Kier molecular flexibility index (Phi) is 4.50. The third-order valence-corrected chi connectivity index (χ3v) is 3.85. The molecule has 3 nitrogen and oxygen atoms in total. The summed E-state index contributed by atoms with van der Waals surface area (Å²) in [6.07, 6.45) is -0.390. The highest BCUT2D eigenvalue weighted by molar-refractivity contribution is 7.10. The number of hydrogen-bond donors (Lipinski definition) is 1. The molecule has 0 aliphatic rings. The fraction of sp³-hybridized carbons (Fsp3) is 0.583. The summed E-state index contributed by atoms with van der Waals surface area (Å²) in [5, 5.41) is 4.96. The molecule has 16 heavy (non-hydrogen) atoms. The summed E-state index contributed by atoms with van der Waals surface area (Å²) in [4.78, 5) is 12.8. The molecule has 1 unspecified atom stereocenters. The van der Waals surface area contributed by atoms with Crippen molar-refractivity contribution in [1.29, 1.82) is 0 Å². The first kappa shape index (κ1) is 13.2. The first-order valence-corrected chi connectivity index (χ1v) is 6.20. The summed E-state index contributed by atoms with van der Waals surface area (Å²) in [5.41, 5.74) is -0.0305. The van der Waals surface area contributed by atoms with E-state index in [1.807, 2.05) is 6.07 Å². The van der Waals surface area contributed by atoms with Crippen LogP contribution in [0.4, 0.5) is 0 Å². The maximum atomic E-state index is 11.6. The summed E-state index contributed by atoms with van der Waals surface area (Å²) in [5.74, 6) is -0.0628. The lowest BCUT2D eigenvalue weighted by Gasteiger charge is -2.24. The number of carbonyl (C=O) groups is 1. The molecule has 4 heteroatoms. The van der Waals surface area contributed by atoms with Crippen LogP contribution in [0.15, 0.2) is 17.5 Å². The number of methoxy groups -OCH3 is 1. The Morgan fingerprint density at radius 1 is 1.62 bits per heavy atom. The van der Waals surface area contributed by atoms with Crippen LogP contribution >= 0.6 is 11.3 Å². The van der Waals surface area contributed by atoms with Crippen LogP contribution in [0, 0.1) is 0 Å². The van der Waals surface area contributed by atoms with Crippen molar-refractivity contribution in [1.82, 2.24) is 5.32 Å². The number of thiophene rings is 1. The molecule has 1 heterocycles. The smallest absolute Gasteiger partial charge is 0.248 e. The van der Waals surface area contributed by atoms with Crippen LogP contribution in [0.3, 0.4) is 0 Å². The van der Waals surface area contributed by atoms with Gasteiger partial charge in [-0.25, -0.2) is 0 Å². The zero-order chi connectivity index (χ0) is 12.2. The first-order valence-electron chi connectivity index (χ1n) is 5.32. The summed E-state index contributed by atoms with van der Waals surface area (Å²) >= 11 is 1.71. The van der Waals surface area contributed by atoms with Crippen molar-refractivity contribution in [2.45, 2.75) is 32.3 Å². The van der Waals surface area contributed by atoms with Gasteiger partial charge in [-0.05, 0) is 18.4 Å². The van der Waals surface area contributed by atoms with Gasteiger partial charge in [0.15, 0.2) is 0 Å². The van der Waals surface area contributed by atoms with Crippen molar-refractivity contribution in [3.05, 3.63) is 22.4 Å². The zero-order valence-corrected chi connectivity index (χ0v) is 11.1. The molecule has 0 saturated heterocycles. The van der Waals surface area contributed by atoms with Gasteiger partial charge in [-0.1, -0.05) is 19.9 Å². The highest BCUT2D eigenvalue weighted by Gasteiger charge is 2.23. The van der Waals surface area contributed by atoms with Gasteiger partial charge < -0.3 is 10.1 Å². The molecule has 1 aromatic rings. The van der Waals surface area contributed by atoms with Crippen LogP contribution in [0.25, 0.3) is 0 Å². The maximum absolute atomic E-state index is 11.6. The van der Waals surface area contributed by atoms with Gasteiger partial charge in [0.25, 0.3) is 0 Å². The second-order valence-electron chi connectivity index (χ2n) is 4.46. The number of ether oxygens (including phenoxy) is 1. The zero-order valence-electron chi connectivity index (χ0n) is 10.2. The van der Waals surface area contributed by atoms with E-state index in [0.717, 1.165) is 0 Å². The van der Waals surface area contributed by atoms with Gasteiger partial charge in [0.2, 0.25) is 5.91 Å². The Morgan fingerprint density at radius 2 is 2.31 bits per heavy atom. The van der Waals surface area contributed by atoms with Crippen molar-refractivity contribution < 1.29 is 9.53 Å². The SMILES string of the molecule is COC(C)C(=O)NCC(C)(C)c1cccs1. The molecule has 0 spiro atoms. The number of amides is 1. The van der Waals surface area contributed by atoms with Gasteiger partial charge in [-0.2, -0.15) is 0 Å². The molecule has 0 bridgehead atoms. The van der Waals surface area contributed by atoms with Gasteiger partial charge in [-0.3, -0.25) is 4.79 Å². The maximum Gasteiger partial charge on any atom is 0.248 e. The van der Waals surface area contributed by atoms with E-state index in [0.29, 0.717) is 6.54 Å². The number of nitrogens with one attached hydrogen (secondary N) is 1. The lowest BCUT2D eigenvalue weighted by molar-refractivity contribution is -0.130. The molecule has 1 aromatic heterocycles. The van der Waals surface area contributed by atoms with Gasteiger partial charge >= 0.3 is 0 Å². The van der Waals surface area contributed by atoms with Gasteiger partial charge in [-0.15, -0.1) is 11.3 Å². The second-order valence-corrected chi connectivity index (χ2v) is 5.40. The Bertz CT molecular complexity index is 333. The number of hydrogen-bond acceptors (Lipinski definition) is 3. The molecule has 1 rings (SSSR count). The van der Waals surface area contributed by atoms with Crippen LogP contribution in [0.5, 0.6) is 0 Å². The van der Waals surface area contributed by atoms with E-state index in [1.165, 1.54) is 12.0 Å². The molecule has 0 aliphatic carbocycles. The molecule has 1 atom stereocenters. The third-order valence-electron chi connectivity index (χ3n) is 2.62. The minimum Gasteiger partial charge on any atom is -0.372 e. The molecule has 1 N–H and O–H groups in total. The van der Waals surface area contributed by atoms with E-state index in [2.05, 4.69) is 30.6 Å². The van der Waals surface area contributed by atoms with Gasteiger partial charge in [0, 0.05) is 23.9 Å². The van der Waals surface area contributed by atoms with Gasteiger partial charge in [0.05, 0.1) is 0 Å². The first-order chi connectivity index (χ1) is 7.47. The minimum absolute atomic E-state index is 0.0305. The molecular formula is C12H19NO2S. The number of carbonyl (C=O) groups excluding carboxylic acids is 1. The lowest BCUT2D eigenvalue weighted by Crippen LogP contribution is -2.41. The fourth-order valence-corrected chi connectivity index (χ4v) is 2.16. The standard InChI is InChI=1S/C12H19NO2S/c1-9(15-4)11(14)13-8-12(2,3)10-6-5-7-16-10/h5-7,9H,8H2,1-4H3,(H,13,14). The molecule has 0 radical (unpaired) electrons. The van der Waals surface area contributed by atoms with Crippen molar-refractivity contribution in [2.75, 3.05) is 13.7 Å². The van der Waals surface area contributed by atoms with E-state index in [4.69, 9.17) is 4.74 Å². The predicted molar refractivity (Wildman–Crippen MR) is 66.8 cm³/mol. The fourth-order valence-electron chi connectivity index (χ4n) is 1.31. The molecule has 0 saturated carbocycles. The van der Waals surface area contributed by atoms with Crippen LogP contribution < -0.4 is 5.32 Å². The molecule has 0 aromatic carbocycles. The Hall–Kier alpha value is -0.870. The quantitative estimate of drug-likeness (QED) is 0.858. The predicted octanol–water partition coefficient (Wildman–Crippen LogP) is 2.18. The van der Waals surface area contributed by atoms with E-state index >= 15 is 0 Å². The monoisotopic (exact) mass is 241 g/mol. The summed E-state index contributed by atoms with van der Waals surface area (Å²) in [6.45, 7) is 6.61. The summed E-state index contributed by atoms with van der Waals surface area (Å²) in [6, 6.07) is 4.12. The Morgan fingerprint density at radius 3 is 2.81 bits per heavy atom. The average molecular weight is 241 g/mol. The normalized spacial score (nSPS) is 13.5. The highest BCUT2D eigenvalue weighted by Crippen LogP contribution is 2.26. The lowest BCUT2D eigenvalue weighted by atomic mass is 9.91. The molecule has 0 fully saturated rings. The van der Waals surface area contributed by atoms with Crippen LogP contribution in [-0.2, 0) is 14.9 Å². The highest BCUT2D eigenvalue weighted by atomic mass is 32.1. The topological polar surface area (TPSA) is 38.3 Å². The van der Waals surface area contributed by atoms with Crippen molar-refractivity contribution in [3.63, 3.8) is 0 Å². The molecular weight excluding hydrogens is 222 g/mol. The van der Waals surface area contributed by atoms with E-state index in [-0.39, 0.29) is 17.4 Å². The van der Waals surface area contributed by atoms with E-state index < -0.39 is 0 Å². The summed E-state index contributed by atoms with van der Waals surface area (Å²) in [7, 11) is 1.54. The van der Waals surface area contributed by atoms with Crippen molar-refractivity contribution in [2.24, 2.45) is 0 Å². The Balaban J connectivity index is 2.52. The van der Waals surface area contributed by atoms with Gasteiger partial charge in [0.1, 0.15) is 6.10 Å². The third kappa shape index (κ3) is 3.32. The molecule has 1 amide bonds. The van der Waals surface area contributed by atoms with Crippen molar-refractivity contribution in [3.8, 4) is 0 Å². The second kappa shape index (κ2) is 5.46. The largest absolute Gasteiger partial charge is 0.372 e. The van der Waals surface area contributed by atoms with Crippen LogP contribution in [-0.4, -0.2) is 25.7 Å². The molecule has 0 aliphatic heterocycles. The number of rotatable bonds is 5. The van der Waals surface area contributed by atoms with Crippen LogP contribution in [0.1, 0.15) is 25.6 Å².